The predicted octanol–water partition coefficient (Wildman–Crippen LogP) is 4.51. The Kier molecular flexibility index (Phi) is 5.27. The van der Waals surface area contributed by atoms with Crippen LogP contribution in [0.4, 0.5) is 0 Å². The zero-order chi connectivity index (χ0) is 15.9. The minimum absolute atomic E-state index is 0.0203. The van der Waals surface area contributed by atoms with Crippen LogP contribution in [0.5, 0.6) is 0 Å². The van der Waals surface area contributed by atoms with Crippen LogP contribution in [0.25, 0.3) is 21.6 Å². The maximum atomic E-state index is 8.85. The van der Waals surface area contributed by atoms with Crippen LogP contribution in [0.1, 0.15) is 18.0 Å². The van der Waals surface area contributed by atoms with Gasteiger partial charge in [0.05, 0.1) is 32.0 Å². The molecule has 23 heavy (non-hydrogen) atoms. The minimum atomic E-state index is -0.239. The molecule has 118 valence electrons. The summed E-state index contributed by atoms with van der Waals surface area (Å²) < 4.78 is 11.1. The van der Waals surface area contributed by atoms with E-state index in [-0.39, 0.29) is 12.1 Å². The summed E-state index contributed by atoms with van der Waals surface area (Å²) in [5, 5.41) is 3.94. The Balaban J connectivity index is 1.75. The summed E-state index contributed by atoms with van der Waals surface area (Å²) in [6.07, 6.45) is 0.613. The van der Waals surface area contributed by atoms with Crippen molar-refractivity contribution in [2.24, 2.45) is 5.11 Å². The molecule has 1 aliphatic rings. The SMILES string of the molecule is [N-]=[N+]=NC(CC1COCCO1)c1ccc(-c2ccccc2)cc1. The van der Waals surface area contributed by atoms with Gasteiger partial charge in [0.2, 0.25) is 0 Å². The summed E-state index contributed by atoms with van der Waals surface area (Å²) in [7, 11) is 0. The van der Waals surface area contributed by atoms with Crippen molar-refractivity contribution in [3.05, 3.63) is 70.6 Å². The van der Waals surface area contributed by atoms with Crippen LogP contribution in [0.3, 0.4) is 0 Å². The van der Waals surface area contributed by atoms with Gasteiger partial charge in [0.15, 0.2) is 0 Å². The third kappa shape index (κ3) is 4.11. The minimum Gasteiger partial charge on any atom is -0.376 e. The zero-order valence-electron chi connectivity index (χ0n) is 12.8. The summed E-state index contributed by atoms with van der Waals surface area (Å²) >= 11 is 0. The summed E-state index contributed by atoms with van der Waals surface area (Å²) in [4.78, 5) is 2.99. The molecule has 0 spiro atoms. The van der Waals surface area contributed by atoms with Crippen LogP contribution in [-0.2, 0) is 9.47 Å². The Morgan fingerprint density at radius 3 is 2.43 bits per heavy atom. The van der Waals surface area contributed by atoms with Crippen molar-refractivity contribution in [1.29, 1.82) is 0 Å². The van der Waals surface area contributed by atoms with Gasteiger partial charge in [0.25, 0.3) is 0 Å². The van der Waals surface area contributed by atoms with Crippen LogP contribution in [-0.4, -0.2) is 25.9 Å². The fourth-order valence-electron chi connectivity index (χ4n) is 2.76. The lowest BCUT2D eigenvalue weighted by Crippen LogP contribution is -2.29. The van der Waals surface area contributed by atoms with Crippen molar-refractivity contribution in [2.75, 3.05) is 19.8 Å². The molecule has 1 fully saturated rings. The molecule has 0 amide bonds. The lowest BCUT2D eigenvalue weighted by molar-refractivity contribution is -0.0926. The normalized spacial score (nSPS) is 18.9. The Hall–Kier alpha value is -2.33. The van der Waals surface area contributed by atoms with Crippen LogP contribution in [0.15, 0.2) is 59.7 Å². The van der Waals surface area contributed by atoms with Gasteiger partial charge in [-0.1, -0.05) is 59.7 Å². The third-order valence-corrected chi connectivity index (χ3v) is 3.96. The second kappa shape index (κ2) is 7.79. The molecule has 2 atom stereocenters. The number of hydrogen-bond acceptors (Lipinski definition) is 3. The highest BCUT2D eigenvalue weighted by molar-refractivity contribution is 5.63. The van der Waals surface area contributed by atoms with Gasteiger partial charge >= 0.3 is 0 Å². The number of hydrogen-bond donors (Lipinski definition) is 0. The second-order valence-corrected chi connectivity index (χ2v) is 5.51. The summed E-state index contributed by atoms with van der Waals surface area (Å²) in [5.74, 6) is 0. The largest absolute Gasteiger partial charge is 0.376 e. The van der Waals surface area contributed by atoms with E-state index >= 15 is 0 Å². The number of benzene rings is 2. The molecule has 2 unspecified atom stereocenters. The van der Waals surface area contributed by atoms with Gasteiger partial charge in [0, 0.05) is 4.91 Å². The molecule has 1 aliphatic heterocycles. The van der Waals surface area contributed by atoms with Gasteiger partial charge in [-0.2, -0.15) is 0 Å². The first-order chi connectivity index (χ1) is 11.4. The van der Waals surface area contributed by atoms with Crippen molar-refractivity contribution in [2.45, 2.75) is 18.6 Å². The van der Waals surface area contributed by atoms with Crippen molar-refractivity contribution in [1.82, 2.24) is 0 Å². The van der Waals surface area contributed by atoms with Gasteiger partial charge in [0.1, 0.15) is 0 Å². The lowest BCUT2D eigenvalue weighted by atomic mass is 9.98. The first-order valence-corrected chi connectivity index (χ1v) is 7.76. The molecule has 2 aromatic carbocycles. The van der Waals surface area contributed by atoms with Gasteiger partial charge in [-0.3, -0.25) is 0 Å². The van der Waals surface area contributed by atoms with E-state index in [0.717, 1.165) is 11.1 Å². The molecule has 1 saturated heterocycles. The van der Waals surface area contributed by atoms with E-state index in [1.54, 1.807) is 0 Å². The van der Waals surface area contributed by atoms with Crippen molar-refractivity contribution in [3.63, 3.8) is 0 Å². The summed E-state index contributed by atoms with van der Waals surface area (Å²) in [6, 6.07) is 18.1. The Labute approximate surface area is 135 Å². The topological polar surface area (TPSA) is 67.2 Å². The Morgan fingerprint density at radius 2 is 1.78 bits per heavy atom. The molecule has 5 nitrogen and oxygen atoms in total. The van der Waals surface area contributed by atoms with E-state index in [4.69, 9.17) is 15.0 Å². The number of ether oxygens (including phenoxy) is 2. The zero-order valence-corrected chi connectivity index (χ0v) is 12.8. The van der Waals surface area contributed by atoms with Gasteiger partial charge in [-0.05, 0) is 28.6 Å². The van der Waals surface area contributed by atoms with E-state index in [1.165, 1.54) is 5.56 Å². The molecular formula is C18H19N3O2. The number of nitrogens with zero attached hydrogens (tertiary/aromatic N) is 3. The van der Waals surface area contributed by atoms with Crippen LogP contribution in [0, 0.1) is 0 Å². The average Bonchev–Trinajstić information content (AvgIpc) is 2.63. The molecule has 0 aliphatic carbocycles. The van der Waals surface area contributed by atoms with E-state index < -0.39 is 0 Å². The van der Waals surface area contributed by atoms with E-state index in [9.17, 15) is 0 Å². The summed E-state index contributed by atoms with van der Waals surface area (Å²) in [5.41, 5.74) is 12.2. The van der Waals surface area contributed by atoms with E-state index in [1.807, 2.05) is 30.3 Å². The number of rotatable bonds is 5. The standard InChI is InChI=1S/C18H19N3O2/c19-21-20-18(12-17-13-22-10-11-23-17)16-8-6-15(7-9-16)14-4-2-1-3-5-14/h1-9,17-18H,10-13H2. The molecule has 0 radical (unpaired) electrons. The highest BCUT2D eigenvalue weighted by Crippen LogP contribution is 2.28. The van der Waals surface area contributed by atoms with Crippen LogP contribution < -0.4 is 0 Å². The van der Waals surface area contributed by atoms with Crippen molar-refractivity contribution >= 4 is 0 Å². The molecule has 5 heteroatoms. The molecule has 0 bridgehead atoms. The molecule has 1 heterocycles. The van der Waals surface area contributed by atoms with Gasteiger partial charge < -0.3 is 9.47 Å². The third-order valence-electron chi connectivity index (χ3n) is 3.96. The summed E-state index contributed by atoms with van der Waals surface area (Å²) in [6.45, 7) is 1.79. The van der Waals surface area contributed by atoms with Gasteiger partial charge in [-0.15, -0.1) is 0 Å². The molecule has 0 saturated carbocycles. The predicted molar refractivity (Wildman–Crippen MR) is 88.9 cm³/mol. The smallest absolute Gasteiger partial charge is 0.0816 e. The van der Waals surface area contributed by atoms with Crippen molar-refractivity contribution < 1.29 is 9.47 Å². The van der Waals surface area contributed by atoms with Crippen molar-refractivity contribution in [3.8, 4) is 11.1 Å². The molecule has 0 aromatic heterocycles. The van der Waals surface area contributed by atoms with Crippen LogP contribution >= 0.6 is 0 Å². The average molecular weight is 309 g/mol. The van der Waals surface area contributed by atoms with E-state index in [0.29, 0.717) is 26.2 Å². The lowest BCUT2D eigenvalue weighted by Gasteiger charge is -2.25. The monoisotopic (exact) mass is 309 g/mol. The maximum Gasteiger partial charge on any atom is 0.0816 e. The fourth-order valence-corrected chi connectivity index (χ4v) is 2.76. The highest BCUT2D eigenvalue weighted by Gasteiger charge is 2.20. The number of azide groups is 1. The molecule has 2 aromatic rings. The maximum absolute atomic E-state index is 8.85. The first kappa shape index (κ1) is 15.6. The second-order valence-electron chi connectivity index (χ2n) is 5.51. The fraction of sp³-hybridized carbons (Fsp3) is 0.333. The molecule has 3 rings (SSSR count). The highest BCUT2D eigenvalue weighted by atomic mass is 16.6. The first-order valence-electron chi connectivity index (χ1n) is 7.76. The Morgan fingerprint density at radius 1 is 1.04 bits per heavy atom. The quantitative estimate of drug-likeness (QED) is 0.463. The Bertz CT molecular complexity index is 660. The molecule has 0 N–H and O–H groups in total. The van der Waals surface area contributed by atoms with Gasteiger partial charge in [-0.25, -0.2) is 0 Å². The van der Waals surface area contributed by atoms with Crippen LogP contribution in [0.2, 0.25) is 0 Å². The van der Waals surface area contributed by atoms with E-state index in [2.05, 4.69) is 34.3 Å². The molecular weight excluding hydrogens is 290 g/mol.